The summed E-state index contributed by atoms with van der Waals surface area (Å²) in [6.07, 6.45) is -4.55. The number of aromatic nitrogens is 3. The molecule has 2 aromatic rings. The van der Waals surface area contributed by atoms with Crippen LogP contribution in [-0.2, 0) is 12.9 Å². The molecule has 0 saturated carbocycles. The van der Waals surface area contributed by atoms with Crippen LogP contribution in [0.15, 0.2) is 24.3 Å². The molecule has 0 unspecified atom stereocenters. The molecule has 8 heteroatoms. The van der Waals surface area contributed by atoms with Gasteiger partial charge in [-0.2, -0.15) is 23.0 Å². The van der Waals surface area contributed by atoms with Crippen LogP contribution in [0.1, 0.15) is 11.4 Å². The van der Waals surface area contributed by atoms with E-state index < -0.39 is 18.5 Å². The Hall–Kier alpha value is -2.12. The van der Waals surface area contributed by atoms with Crippen molar-refractivity contribution in [2.45, 2.75) is 12.9 Å². The maximum Gasteiger partial charge on any atom is 0.435 e. The van der Waals surface area contributed by atoms with Crippen LogP contribution >= 0.6 is 0 Å². The van der Waals surface area contributed by atoms with E-state index in [1.54, 1.807) is 0 Å². The van der Waals surface area contributed by atoms with Gasteiger partial charge in [0, 0.05) is 13.1 Å². The molecule has 0 saturated heterocycles. The van der Waals surface area contributed by atoms with Gasteiger partial charge in [-0.25, -0.2) is 9.37 Å². The molecule has 0 spiro atoms. The number of halogens is 4. The van der Waals surface area contributed by atoms with E-state index in [1.165, 1.54) is 25.2 Å². The molecule has 0 fully saturated rings. The van der Waals surface area contributed by atoms with Crippen molar-refractivity contribution >= 4 is 5.82 Å². The van der Waals surface area contributed by atoms with Crippen molar-refractivity contribution in [2.24, 2.45) is 0 Å². The highest BCUT2D eigenvalue weighted by molar-refractivity contribution is 5.44. The fourth-order valence-corrected chi connectivity index (χ4v) is 1.53. The number of nitrogens with one attached hydrogen (secondary N) is 1. The van der Waals surface area contributed by atoms with E-state index in [1.807, 2.05) is 0 Å². The first-order valence-corrected chi connectivity index (χ1v) is 5.33. The summed E-state index contributed by atoms with van der Waals surface area (Å²) in [5, 5.41) is 6.03. The van der Waals surface area contributed by atoms with Gasteiger partial charge < -0.3 is 5.32 Å². The lowest BCUT2D eigenvalue weighted by atomic mass is 10.3. The molecule has 0 aromatic carbocycles. The third-order valence-electron chi connectivity index (χ3n) is 2.40. The van der Waals surface area contributed by atoms with Gasteiger partial charge in [0.15, 0.2) is 11.5 Å². The minimum Gasteiger partial charge on any atom is -0.373 e. The SMILES string of the molecule is CNc1cc(C(F)(F)F)nn1-c1cccc(CF)n1. The van der Waals surface area contributed by atoms with Gasteiger partial charge in [-0.1, -0.05) is 6.07 Å². The fraction of sp³-hybridized carbons (Fsp3) is 0.273. The van der Waals surface area contributed by atoms with Crippen molar-refractivity contribution in [2.75, 3.05) is 12.4 Å². The van der Waals surface area contributed by atoms with Crippen molar-refractivity contribution in [1.82, 2.24) is 14.8 Å². The van der Waals surface area contributed by atoms with Gasteiger partial charge in [0.1, 0.15) is 12.5 Å². The zero-order valence-corrected chi connectivity index (χ0v) is 9.87. The molecule has 0 aliphatic carbocycles. The summed E-state index contributed by atoms with van der Waals surface area (Å²) in [5.41, 5.74) is -0.909. The maximum atomic E-state index is 12.6. The van der Waals surface area contributed by atoms with Gasteiger partial charge in [0.25, 0.3) is 0 Å². The summed E-state index contributed by atoms with van der Waals surface area (Å²) >= 11 is 0. The van der Waals surface area contributed by atoms with Crippen LogP contribution in [0.25, 0.3) is 5.82 Å². The molecule has 2 heterocycles. The van der Waals surface area contributed by atoms with Crippen molar-refractivity contribution in [3.63, 3.8) is 0 Å². The summed E-state index contributed by atoms with van der Waals surface area (Å²) in [7, 11) is 1.46. The predicted octanol–water partition coefficient (Wildman–Crippen LogP) is 2.80. The van der Waals surface area contributed by atoms with Gasteiger partial charge in [-0.3, -0.25) is 0 Å². The first kappa shape index (κ1) is 13.3. The molecule has 0 amide bonds. The molecule has 102 valence electrons. The van der Waals surface area contributed by atoms with Gasteiger partial charge in [-0.05, 0) is 12.1 Å². The number of pyridine rings is 1. The molecular weight excluding hydrogens is 264 g/mol. The Kier molecular flexibility index (Phi) is 3.41. The summed E-state index contributed by atoms with van der Waals surface area (Å²) in [6.45, 7) is -0.796. The lowest BCUT2D eigenvalue weighted by Gasteiger charge is -2.06. The second-order valence-electron chi connectivity index (χ2n) is 3.70. The first-order valence-electron chi connectivity index (χ1n) is 5.33. The topological polar surface area (TPSA) is 42.7 Å². The number of alkyl halides is 4. The highest BCUT2D eigenvalue weighted by Gasteiger charge is 2.35. The molecule has 0 atom stereocenters. The molecular formula is C11H10F4N4. The lowest BCUT2D eigenvalue weighted by Crippen LogP contribution is -2.09. The molecule has 19 heavy (non-hydrogen) atoms. The minimum absolute atomic E-state index is 0.120. The normalized spacial score (nSPS) is 11.6. The van der Waals surface area contributed by atoms with Gasteiger partial charge in [0.05, 0.1) is 5.69 Å². The fourth-order valence-electron chi connectivity index (χ4n) is 1.53. The Morgan fingerprint density at radius 2 is 2.05 bits per heavy atom. The molecule has 0 aliphatic heterocycles. The Bertz CT molecular complexity index is 576. The number of nitrogens with zero attached hydrogens (tertiary/aromatic N) is 3. The van der Waals surface area contributed by atoms with Crippen LogP contribution < -0.4 is 5.32 Å². The van der Waals surface area contributed by atoms with Crippen molar-refractivity contribution in [1.29, 1.82) is 0 Å². The highest BCUT2D eigenvalue weighted by atomic mass is 19.4. The van der Waals surface area contributed by atoms with Gasteiger partial charge in [0.2, 0.25) is 0 Å². The van der Waals surface area contributed by atoms with Gasteiger partial charge in [-0.15, -0.1) is 0 Å². The Labute approximate surface area is 106 Å². The maximum absolute atomic E-state index is 12.6. The van der Waals surface area contributed by atoms with Crippen molar-refractivity contribution < 1.29 is 17.6 Å². The van der Waals surface area contributed by atoms with Crippen molar-refractivity contribution in [3.8, 4) is 5.82 Å². The molecule has 0 aliphatic rings. The zero-order chi connectivity index (χ0) is 14.0. The average molecular weight is 274 g/mol. The van der Waals surface area contributed by atoms with Crippen LogP contribution in [0.4, 0.5) is 23.4 Å². The van der Waals surface area contributed by atoms with E-state index >= 15 is 0 Å². The quantitative estimate of drug-likeness (QED) is 0.875. The van der Waals surface area contributed by atoms with E-state index in [9.17, 15) is 17.6 Å². The third-order valence-corrected chi connectivity index (χ3v) is 2.40. The van der Waals surface area contributed by atoms with E-state index in [0.29, 0.717) is 0 Å². The molecule has 2 rings (SSSR count). The summed E-state index contributed by atoms with van der Waals surface area (Å²) < 4.78 is 51.3. The van der Waals surface area contributed by atoms with E-state index in [0.717, 1.165) is 10.7 Å². The van der Waals surface area contributed by atoms with E-state index in [4.69, 9.17) is 0 Å². The third kappa shape index (κ3) is 2.67. The molecule has 4 nitrogen and oxygen atoms in total. The Morgan fingerprint density at radius 1 is 1.32 bits per heavy atom. The van der Waals surface area contributed by atoms with Crippen LogP contribution in [-0.4, -0.2) is 21.8 Å². The smallest absolute Gasteiger partial charge is 0.373 e. The van der Waals surface area contributed by atoms with E-state index in [2.05, 4.69) is 15.4 Å². The minimum atomic E-state index is -4.55. The second-order valence-corrected chi connectivity index (χ2v) is 3.70. The predicted molar refractivity (Wildman–Crippen MR) is 60.7 cm³/mol. The number of hydrogen-bond acceptors (Lipinski definition) is 3. The number of rotatable bonds is 3. The van der Waals surface area contributed by atoms with Crippen LogP contribution in [0.2, 0.25) is 0 Å². The molecule has 1 N–H and O–H groups in total. The number of hydrogen-bond donors (Lipinski definition) is 1. The molecule has 0 radical (unpaired) electrons. The lowest BCUT2D eigenvalue weighted by molar-refractivity contribution is -0.141. The molecule has 0 bridgehead atoms. The summed E-state index contributed by atoms with van der Waals surface area (Å²) in [6, 6.07) is 5.26. The van der Waals surface area contributed by atoms with Crippen LogP contribution in [0, 0.1) is 0 Å². The summed E-state index contributed by atoms with van der Waals surface area (Å²) in [5.74, 6) is 0.242. The van der Waals surface area contributed by atoms with Crippen LogP contribution in [0.5, 0.6) is 0 Å². The Balaban J connectivity index is 2.51. The van der Waals surface area contributed by atoms with Crippen molar-refractivity contribution in [3.05, 3.63) is 35.7 Å². The molecule has 2 aromatic heterocycles. The monoisotopic (exact) mass is 274 g/mol. The summed E-state index contributed by atoms with van der Waals surface area (Å²) in [4.78, 5) is 3.88. The van der Waals surface area contributed by atoms with Crippen LogP contribution in [0.3, 0.4) is 0 Å². The largest absolute Gasteiger partial charge is 0.435 e. The highest BCUT2D eigenvalue weighted by Crippen LogP contribution is 2.30. The van der Waals surface area contributed by atoms with E-state index in [-0.39, 0.29) is 17.3 Å². The second kappa shape index (κ2) is 4.87. The average Bonchev–Trinajstić information content (AvgIpc) is 2.83. The van der Waals surface area contributed by atoms with Gasteiger partial charge >= 0.3 is 6.18 Å². The number of anilines is 1. The first-order chi connectivity index (χ1) is 8.95. The zero-order valence-electron chi connectivity index (χ0n) is 9.87. The Morgan fingerprint density at radius 3 is 2.63 bits per heavy atom. The standard InChI is InChI=1S/C11H10F4N4/c1-16-10-5-8(11(13,14)15)18-19(10)9-4-2-3-7(6-12)17-9/h2-5,16H,6H2,1H3.